The van der Waals surface area contributed by atoms with Crippen LogP contribution in [0.25, 0.3) is 0 Å². The molecule has 0 saturated heterocycles. The van der Waals surface area contributed by atoms with Crippen molar-refractivity contribution >= 4 is 11.7 Å². The molecule has 2 aromatic rings. The van der Waals surface area contributed by atoms with E-state index in [0.717, 1.165) is 0 Å². The van der Waals surface area contributed by atoms with Crippen molar-refractivity contribution < 1.29 is 9.90 Å². The third kappa shape index (κ3) is 4.77. The predicted octanol–water partition coefficient (Wildman–Crippen LogP) is 1.03. The Bertz CT molecular complexity index is 640. The van der Waals surface area contributed by atoms with Gasteiger partial charge in [0.05, 0.1) is 12.6 Å². The first-order valence-electron chi connectivity index (χ1n) is 6.58. The summed E-state index contributed by atoms with van der Waals surface area (Å²) in [7, 11) is 0. The van der Waals surface area contributed by atoms with Crippen molar-refractivity contribution in [1.82, 2.24) is 9.88 Å². The fourth-order valence-corrected chi connectivity index (χ4v) is 1.81. The number of para-hydroxylation sites is 1. The van der Waals surface area contributed by atoms with Crippen molar-refractivity contribution in [2.45, 2.75) is 12.6 Å². The van der Waals surface area contributed by atoms with Gasteiger partial charge < -0.3 is 20.3 Å². The Kier molecular flexibility index (Phi) is 5.11. The number of rotatable bonds is 5. The first-order valence-corrected chi connectivity index (χ1v) is 6.58. The molecule has 1 aromatic carbocycles. The molecule has 0 aliphatic heterocycles. The summed E-state index contributed by atoms with van der Waals surface area (Å²) in [5.41, 5.74) is 0.481. The maximum atomic E-state index is 11.6. The molecule has 0 saturated carbocycles. The molecule has 1 aromatic heterocycles. The smallest absolute Gasteiger partial charge is 0.319 e. The van der Waals surface area contributed by atoms with Crippen molar-refractivity contribution in [3.8, 4) is 0 Å². The zero-order valence-electron chi connectivity index (χ0n) is 11.4. The van der Waals surface area contributed by atoms with Gasteiger partial charge in [0.25, 0.3) is 5.56 Å². The molecule has 0 spiro atoms. The molecule has 2 rings (SSSR count). The Balaban J connectivity index is 1.79. The number of aliphatic hydroxyl groups is 1. The van der Waals surface area contributed by atoms with Crippen LogP contribution in [0.15, 0.2) is 59.5 Å². The van der Waals surface area contributed by atoms with Gasteiger partial charge in [-0.05, 0) is 18.2 Å². The molecule has 6 nitrogen and oxygen atoms in total. The van der Waals surface area contributed by atoms with Crippen LogP contribution in [0.3, 0.4) is 0 Å². The van der Waals surface area contributed by atoms with Gasteiger partial charge in [-0.2, -0.15) is 0 Å². The van der Waals surface area contributed by atoms with Gasteiger partial charge in [-0.1, -0.05) is 24.3 Å². The maximum absolute atomic E-state index is 11.6. The van der Waals surface area contributed by atoms with Crippen molar-refractivity contribution in [2.24, 2.45) is 0 Å². The average Bonchev–Trinajstić information content (AvgIpc) is 2.49. The van der Waals surface area contributed by atoms with E-state index >= 15 is 0 Å². The Morgan fingerprint density at radius 1 is 1.14 bits per heavy atom. The van der Waals surface area contributed by atoms with Crippen LogP contribution in [-0.2, 0) is 6.54 Å². The Labute approximate surface area is 122 Å². The number of carbonyl (C=O) groups is 1. The fraction of sp³-hybridized carbons (Fsp3) is 0.200. The first kappa shape index (κ1) is 14.8. The number of aliphatic hydroxyl groups excluding tert-OH is 1. The summed E-state index contributed by atoms with van der Waals surface area (Å²) in [5.74, 6) is 0. The number of pyridine rings is 1. The summed E-state index contributed by atoms with van der Waals surface area (Å²) in [4.78, 5) is 23.1. The third-order valence-corrected chi connectivity index (χ3v) is 2.84. The number of benzene rings is 1. The molecule has 0 bridgehead atoms. The van der Waals surface area contributed by atoms with Crippen molar-refractivity contribution in [3.63, 3.8) is 0 Å². The second-order valence-corrected chi connectivity index (χ2v) is 4.55. The highest BCUT2D eigenvalue weighted by Crippen LogP contribution is 2.04. The number of aromatic nitrogens is 1. The van der Waals surface area contributed by atoms with Gasteiger partial charge in [0.15, 0.2) is 0 Å². The Hall–Kier alpha value is -2.60. The minimum Gasteiger partial charge on any atom is -0.389 e. The van der Waals surface area contributed by atoms with Gasteiger partial charge in [0.1, 0.15) is 0 Å². The molecule has 21 heavy (non-hydrogen) atoms. The molecular formula is C15H17N3O3. The number of hydrogen-bond acceptors (Lipinski definition) is 3. The molecule has 6 heteroatoms. The number of nitrogens with one attached hydrogen (secondary N) is 2. The Morgan fingerprint density at radius 3 is 2.57 bits per heavy atom. The van der Waals surface area contributed by atoms with Gasteiger partial charge >= 0.3 is 6.03 Å². The largest absolute Gasteiger partial charge is 0.389 e. The standard InChI is InChI=1S/C15H17N3O3/c19-13(11-18-9-5-4-8-14(18)20)10-16-15(21)17-12-6-2-1-3-7-12/h1-9,13,19H,10-11H2,(H2,16,17,21). The van der Waals surface area contributed by atoms with Gasteiger partial charge in [0, 0.05) is 24.5 Å². The minimum absolute atomic E-state index is 0.0556. The molecular weight excluding hydrogens is 270 g/mol. The molecule has 0 fully saturated rings. The van der Waals surface area contributed by atoms with Crippen LogP contribution in [0, 0.1) is 0 Å². The quantitative estimate of drug-likeness (QED) is 0.768. The van der Waals surface area contributed by atoms with E-state index in [1.807, 2.05) is 18.2 Å². The number of nitrogens with zero attached hydrogens (tertiary/aromatic N) is 1. The number of amides is 2. The van der Waals surface area contributed by atoms with Crippen LogP contribution in [0.2, 0.25) is 0 Å². The van der Waals surface area contributed by atoms with Crippen LogP contribution in [0.1, 0.15) is 0 Å². The topological polar surface area (TPSA) is 83.4 Å². The number of anilines is 1. The fourth-order valence-electron chi connectivity index (χ4n) is 1.81. The third-order valence-electron chi connectivity index (χ3n) is 2.84. The van der Waals surface area contributed by atoms with E-state index < -0.39 is 12.1 Å². The van der Waals surface area contributed by atoms with Crippen molar-refractivity contribution in [2.75, 3.05) is 11.9 Å². The van der Waals surface area contributed by atoms with Crippen LogP contribution in [-0.4, -0.2) is 28.4 Å². The lowest BCUT2D eigenvalue weighted by Gasteiger charge is -2.14. The van der Waals surface area contributed by atoms with Crippen LogP contribution in [0.4, 0.5) is 10.5 Å². The second kappa shape index (κ2) is 7.25. The SMILES string of the molecule is O=C(NCC(O)Cn1ccccc1=O)Nc1ccccc1. The summed E-state index contributed by atoms with van der Waals surface area (Å²) >= 11 is 0. The van der Waals surface area contributed by atoms with E-state index in [0.29, 0.717) is 5.69 Å². The highest BCUT2D eigenvalue weighted by molar-refractivity contribution is 5.89. The maximum Gasteiger partial charge on any atom is 0.319 e. The van der Waals surface area contributed by atoms with E-state index in [-0.39, 0.29) is 18.6 Å². The minimum atomic E-state index is -0.841. The summed E-state index contributed by atoms with van der Waals surface area (Å²) < 4.78 is 1.39. The lowest BCUT2D eigenvalue weighted by molar-refractivity contribution is 0.151. The highest BCUT2D eigenvalue weighted by atomic mass is 16.3. The zero-order valence-corrected chi connectivity index (χ0v) is 11.4. The second-order valence-electron chi connectivity index (χ2n) is 4.55. The van der Waals surface area contributed by atoms with E-state index in [2.05, 4.69) is 10.6 Å². The van der Waals surface area contributed by atoms with Crippen LogP contribution < -0.4 is 16.2 Å². The molecule has 3 N–H and O–H groups in total. The van der Waals surface area contributed by atoms with Crippen LogP contribution >= 0.6 is 0 Å². The monoisotopic (exact) mass is 287 g/mol. The zero-order chi connectivity index (χ0) is 15.1. The number of carbonyl (C=O) groups excluding carboxylic acids is 1. The molecule has 0 radical (unpaired) electrons. The van der Waals surface area contributed by atoms with E-state index in [9.17, 15) is 14.7 Å². The normalized spacial score (nSPS) is 11.7. The molecule has 1 heterocycles. The first-order chi connectivity index (χ1) is 10.1. The highest BCUT2D eigenvalue weighted by Gasteiger charge is 2.08. The lowest BCUT2D eigenvalue weighted by atomic mass is 10.3. The van der Waals surface area contributed by atoms with Crippen molar-refractivity contribution in [3.05, 3.63) is 65.1 Å². The average molecular weight is 287 g/mol. The summed E-state index contributed by atoms with van der Waals surface area (Å²) in [6.45, 7) is 0.186. The van der Waals surface area contributed by atoms with Crippen LogP contribution in [0.5, 0.6) is 0 Å². The molecule has 0 aliphatic carbocycles. The summed E-state index contributed by atoms with van der Waals surface area (Å²) in [6, 6.07) is 13.4. The van der Waals surface area contributed by atoms with Gasteiger partial charge in [0.2, 0.25) is 0 Å². The predicted molar refractivity (Wildman–Crippen MR) is 80.2 cm³/mol. The molecule has 1 atom stereocenters. The lowest BCUT2D eigenvalue weighted by Crippen LogP contribution is -2.38. The van der Waals surface area contributed by atoms with Gasteiger partial charge in [-0.15, -0.1) is 0 Å². The number of hydrogen-bond donors (Lipinski definition) is 3. The molecule has 110 valence electrons. The molecule has 2 amide bonds. The Morgan fingerprint density at radius 2 is 1.86 bits per heavy atom. The van der Waals surface area contributed by atoms with Gasteiger partial charge in [-0.3, -0.25) is 4.79 Å². The van der Waals surface area contributed by atoms with E-state index in [4.69, 9.17) is 0 Å². The summed E-state index contributed by atoms with van der Waals surface area (Å²) in [6.07, 6.45) is 0.752. The van der Waals surface area contributed by atoms with Crippen molar-refractivity contribution in [1.29, 1.82) is 0 Å². The van der Waals surface area contributed by atoms with Gasteiger partial charge in [-0.25, -0.2) is 4.79 Å². The number of urea groups is 1. The van der Waals surface area contributed by atoms with E-state index in [1.54, 1.807) is 30.5 Å². The summed E-state index contributed by atoms with van der Waals surface area (Å²) in [5, 5.41) is 15.0. The molecule has 0 aliphatic rings. The van der Waals surface area contributed by atoms with E-state index in [1.165, 1.54) is 10.6 Å². The molecule has 1 unspecified atom stereocenters.